The molecule has 1 atom stereocenters. The fourth-order valence-corrected chi connectivity index (χ4v) is 9.09. The van der Waals surface area contributed by atoms with Crippen molar-refractivity contribution in [3.63, 3.8) is 0 Å². The van der Waals surface area contributed by atoms with Crippen molar-refractivity contribution in [2.45, 2.75) is 25.9 Å². The second-order valence-corrected chi connectivity index (χ2v) is 13.5. The Morgan fingerprint density at radius 2 is 1.37 bits per heavy atom. The zero-order valence-electron chi connectivity index (χ0n) is 15.9. The minimum Gasteiger partial charge on any atom is -0.485 e. The first kappa shape index (κ1) is 18.5. The molecule has 1 heterocycles. The normalized spacial score (nSPS) is 19.0. The average Bonchev–Trinajstić information content (AvgIpc) is 3.03. The van der Waals surface area contributed by atoms with Crippen LogP contribution in [0.5, 0.6) is 5.75 Å². The Labute approximate surface area is 162 Å². The molecule has 0 saturated carbocycles. The predicted octanol–water partition coefficient (Wildman–Crippen LogP) is 4.58. The van der Waals surface area contributed by atoms with Gasteiger partial charge in [0.15, 0.2) is 7.14 Å². The van der Waals surface area contributed by atoms with Crippen molar-refractivity contribution < 1.29 is 9.30 Å². The molecule has 3 aromatic rings. The Bertz CT molecular complexity index is 952. The molecule has 0 amide bonds. The molecule has 0 aliphatic carbocycles. The van der Waals surface area contributed by atoms with E-state index >= 15 is 0 Å². The van der Waals surface area contributed by atoms with Crippen molar-refractivity contribution in [1.29, 1.82) is 0 Å². The standard InChI is InChI=1S/C23H24O2P2/c1-23(2,3)27(24)17-25-20-15-10-16-21(22(20)27)26(18-11-6-4-7-12-18)19-13-8-5-9-14-19/h4-16H,17H2,1-3H3/t27-/m0/s1. The molecule has 0 bridgehead atoms. The summed E-state index contributed by atoms with van der Waals surface area (Å²) >= 11 is 0. The number of hydrogen-bond acceptors (Lipinski definition) is 2. The van der Waals surface area contributed by atoms with Crippen molar-refractivity contribution in [2.24, 2.45) is 0 Å². The molecule has 27 heavy (non-hydrogen) atoms. The lowest BCUT2D eigenvalue weighted by atomic mass is 10.3. The van der Waals surface area contributed by atoms with Crippen molar-refractivity contribution in [2.75, 3.05) is 6.35 Å². The van der Waals surface area contributed by atoms with Crippen LogP contribution < -0.4 is 26.0 Å². The highest BCUT2D eigenvalue weighted by Gasteiger charge is 2.47. The summed E-state index contributed by atoms with van der Waals surface area (Å²) in [6.45, 7) is 6.20. The minimum absolute atomic E-state index is 0.301. The summed E-state index contributed by atoms with van der Waals surface area (Å²) < 4.78 is 20.1. The van der Waals surface area contributed by atoms with Crippen molar-refractivity contribution in [3.05, 3.63) is 78.9 Å². The van der Waals surface area contributed by atoms with E-state index in [1.54, 1.807) is 0 Å². The van der Waals surface area contributed by atoms with Gasteiger partial charge < -0.3 is 9.30 Å². The van der Waals surface area contributed by atoms with Gasteiger partial charge >= 0.3 is 0 Å². The quantitative estimate of drug-likeness (QED) is 0.608. The molecule has 4 heteroatoms. The fourth-order valence-electron chi connectivity index (χ4n) is 3.51. The average molecular weight is 394 g/mol. The van der Waals surface area contributed by atoms with Gasteiger partial charge in [0, 0.05) is 5.16 Å². The zero-order chi connectivity index (χ0) is 19.1. The van der Waals surface area contributed by atoms with Crippen LogP contribution in [-0.2, 0) is 4.57 Å². The molecule has 0 spiro atoms. The van der Waals surface area contributed by atoms with E-state index in [9.17, 15) is 4.57 Å². The van der Waals surface area contributed by atoms with E-state index in [0.717, 1.165) is 16.4 Å². The Morgan fingerprint density at radius 3 is 1.89 bits per heavy atom. The number of rotatable bonds is 3. The molecule has 138 valence electrons. The first-order valence-electron chi connectivity index (χ1n) is 9.18. The summed E-state index contributed by atoms with van der Waals surface area (Å²) in [6.07, 6.45) is 0.301. The Balaban J connectivity index is 1.99. The largest absolute Gasteiger partial charge is 0.485 e. The summed E-state index contributed by atoms with van der Waals surface area (Å²) in [7, 11) is -3.49. The Kier molecular flexibility index (Phi) is 4.75. The van der Waals surface area contributed by atoms with E-state index in [2.05, 4.69) is 75.4 Å². The van der Waals surface area contributed by atoms with Gasteiger partial charge in [0.05, 0.1) is 5.30 Å². The fraction of sp³-hybridized carbons (Fsp3) is 0.217. The van der Waals surface area contributed by atoms with Gasteiger partial charge in [0.2, 0.25) is 0 Å². The van der Waals surface area contributed by atoms with Gasteiger partial charge in [-0.05, 0) is 29.9 Å². The summed E-state index contributed by atoms with van der Waals surface area (Å²) in [6, 6.07) is 27.3. The summed E-state index contributed by atoms with van der Waals surface area (Å²) in [5.41, 5.74) is 0. The third-order valence-electron chi connectivity index (χ3n) is 5.09. The van der Waals surface area contributed by atoms with Gasteiger partial charge in [-0.15, -0.1) is 0 Å². The Hall–Kier alpha value is -1.88. The molecule has 2 nitrogen and oxygen atoms in total. The van der Waals surface area contributed by atoms with Gasteiger partial charge in [0.25, 0.3) is 0 Å². The van der Waals surface area contributed by atoms with Crippen molar-refractivity contribution >= 4 is 36.3 Å². The number of benzene rings is 3. The minimum atomic E-state index is -2.68. The zero-order valence-corrected chi connectivity index (χ0v) is 17.7. The topological polar surface area (TPSA) is 26.3 Å². The molecule has 0 saturated heterocycles. The molecule has 0 N–H and O–H groups in total. The monoisotopic (exact) mass is 394 g/mol. The summed E-state index contributed by atoms with van der Waals surface area (Å²) in [5, 5.41) is 4.31. The molecular weight excluding hydrogens is 370 g/mol. The van der Waals surface area contributed by atoms with Crippen LogP contribution in [0.25, 0.3) is 0 Å². The molecular formula is C23H24O2P2. The first-order valence-corrected chi connectivity index (χ1v) is 12.4. The third kappa shape index (κ3) is 3.16. The second-order valence-electron chi connectivity index (χ2n) is 7.81. The first-order chi connectivity index (χ1) is 12.9. The second kappa shape index (κ2) is 6.93. The summed E-state index contributed by atoms with van der Waals surface area (Å²) in [5.74, 6) is 0.796. The summed E-state index contributed by atoms with van der Waals surface area (Å²) in [4.78, 5) is 0. The molecule has 1 aliphatic rings. The van der Waals surface area contributed by atoms with E-state index in [4.69, 9.17) is 4.74 Å². The molecule has 1 aliphatic heterocycles. The van der Waals surface area contributed by atoms with Crippen LogP contribution >= 0.6 is 15.1 Å². The SMILES string of the molecule is CC(C)(C)[P@]1(=O)COc2cccc(P(c3ccccc3)c3ccccc3)c21. The maximum atomic E-state index is 14.1. The number of ether oxygens (including phenoxy) is 1. The highest BCUT2D eigenvalue weighted by atomic mass is 31.2. The van der Waals surface area contributed by atoms with Gasteiger partial charge in [-0.2, -0.15) is 0 Å². The lowest BCUT2D eigenvalue weighted by Crippen LogP contribution is -2.34. The van der Waals surface area contributed by atoms with Crippen LogP contribution in [0.1, 0.15) is 20.8 Å². The lowest BCUT2D eigenvalue weighted by molar-refractivity contribution is 0.389. The van der Waals surface area contributed by atoms with Crippen molar-refractivity contribution in [1.82, 2.24) is 0 Å². The van der Waals surface area contributed by atoms with E-state index in [1.165, 1.54) is 10.6 Å². The Morgan fingerprint density at radius 1 is 0.815 bits per heavy atom. The van der Waals surface area contributed by atoms with Crippen LogP contribution in [-0.4, -0.2) is 11.5 Å². The number of hydrogen-bond donors (Lipinski definition) is 0. The van der Waals surface area contributed by atoms with Crippen LogP contribution in [0.15, 0.2) is 78.9 Å². The maximum absolute atomic E-state index is 14.1. The van der Waals surface area contributed by atoms with Gasteiger partial charge in [-0.3, -0.25) is 0 Å². The van der Waals surface area contributed by atoms with Crippen LogP contribution in [0.2, 0.25) is 0 Å². The van der Waals surface area contributed by atoms with Gasteiger partial charge in [-0.25, -0.2) is 0 Å². The molecule has 0 radical (unpaired) electrons. The van der Waals surface area contributed by atoms with Crippen LogP contribution in [0.4, 0.5) is 0 Å². The lowest BCUT2D eigenvalue weighted by Gasteiger charge is -2.30. The predicted molar refractivity (Wildman–Crippen MR) is 118 cm³/mol. The van der Waals surface area contributed by atoms with E-state index in [0.29, 0.717) is 6.35 Å². The molecule has 3 aromatic carbocycles. The molecule has 0 fully saturated rings. The maximum Gasteiger partial charge on any atom is 0.160 e. The van der Waals surface area contributed by atoms with E-state index in [-0.39, 0.29) is 5.16 Å². The van der Waals surface area contributed by atoms with Crippen LogP contribution in [0.3, 0.4) is 0 Å². The third-order valence-corrected chi connectivity index (χ3v) is 11.6. The molecule has 0 aromatic heterocycles. The van der Waals surface area contributed by atoms with Gasteiger partial charge in [-0.1, -0.05) is 93.6 Å². The van der Waals surface area contributed by atoms with E-state index in [1.807, 2.05) is 24.3 Å². The van der Waals surface area contributed by atoms with E-state index < -0.39 is 15.1 Å². The highest BCUT2D eigenvalue weighted by molar-refractivity contribution is 7.83. The molecule has 0 unspecified atom stereocenters. The van der Waals surface area contributed by atoms with Crippen molar-refractivity contribution in [3.8, 4) is 5.75 Å². The smallest absolute Gasteiger partial charge is 0.160 e. The van der Waals surface area contributed by atoms with Crippen LogP contribution in [0, 0.1) is 0 Å². The molecule has 4 rings (SSSR count). The number of fused-ring (bicyclic) bond motifs is 1. The van der Waals surface area contributed by atoms with Gasteiger partial charge in [0.1, 0.15) is 12.1 Å². The highest BCUT2D eigenvalue weighted by Crippen LogP contribution is 2.61.